The maximum absolute atomic E-state index is 6.82. The first-order chi connectivity index (χ1) is 13.3. The van der Waals surface area contributed by atoms with Gasteiger partial charge in [-0.25, -0.2) is 0 Å². The van der Waals surface area contributed by atoms with Gasteiger partial charge in [-0.2, -0.15) is 0 Å². The van der Waals surface area contributed by atoms with Crippen LogP contribution in [0, 0.1) is 0 Å². The summed E-state index contributed by atoms with van der Waals surface area (Å²) in [5, 5.41) is 5.53. The topological polar surface area (TPSA) is 36.9 Å². The van der Waals surface area contributed by atoms with Crippen LogP contribution in [-0.4, -0.2) is 14.2 Å². The molecule has 0 fully saturated rings. The number of thiophene rings is 2. The van der Waals surface area contributed by atoms with Gasteiger partial charge in [-0.1, -0.05) is 0 Å². The van der Waals surface area contributed by atoms with Crippen LogP contribution in [0.25, 0.3) is 0 Å². The van der Waals surface area contributed by atoms with Crippen LogP contribution in [0.5, 0.6) is 21.6 Å². The predicted octanol–water partition coefficient (Wildman–Crippen LogP) is 5.96. The number of hydrogen-bond acceptors (Lipinski definition) is 6. The summed E-state index contributed by atoms with van der Waals surface area (Å²) in [4.78, 5) is 0. The van der Waals surface area contributed by atoms with Gasteiger partial charge < -0.3 is 0 Å². The molecule has 2 aromatic rings. The van der Waals surface area contributed by atoms with E-state index in [1.54, 1.807) is 36.9 Å². The van der Waals surface area contributed by atoms with Crippen molar-refractivity contribution in [3.8, 4) is 21.6 Å². The normalized spacial score (nSPS) is 15.6. The van der Waals surface area contributed by atoms with Crippen LogP contribution in [0.4, 0.5) is 0 Å². The van der Waals surface area contributed by atoms with E-state index in [4.69, 9.17) is 15.1 Å². The summed E-state index contributed by atoms with van der Waals surface area (Å²) in [6, 6.07) is 3.87. The second kappa shape index (κ2) is 8.21. The van der Waals surface area contributed by atoms with Crippen molar-refractivity contribution in [3.63, 3.8) is 0 Å². The monoisotopic (exact) mass is 478 g/mol. The molecule has 0 N–H and O–H groups in total. The van der Waals surface area contributed by atoms with Crippen LogP contribution in [0.15, 0.2) is 65.9 Å². The van der Waals surface area contributed by atoms with E-state index in [-0.39, 0.29) is 0 Å². The summed E-state index contributed by atoms with van der Waals surface area (Å²) in [5.41, 5.74) is 0. The van der Waals surface area contributed by atoms with Gasteiger partial charge in [0.05, 0.1) is 0 Å². The van der Waals surface area contributed by atoms with Gasteiger partial charge in [0.25, 0.3) is 0 Å². The third-order valence-corrected chi connectivity index (χ3v) is 15.2. The summed E-state index contributed by atoms with van der Waals surface area (Å²) in [7, 11) is 3.34. The van der Waals surface area contributed by atoms with Crippen molar-refractivity contribution < 1.29 is 36.2 Å². The minimum atomic E-state index is -3.96. The van der Waals surface area contributed by atoms with Gasteiger partial charge in [-0.3, -0.25) is 0 Å². The van der Waals surface area contributed by atoms with Crippen LogP contribution in [0.1, 0.15) is 12.8 Å². The summed E-state index contributed by atoms with van der Waals surface area (Å²) in [6.45, 7) is 0. The van der Waals surface area contributed by atoms with Crippen LogP contribution in [-0.2, 0) is 21.1 Å². The first kappa shape index (κ1) is 18.8. The molecule has 27 heavy (non-hydrogen) atoms. The van der Waals surface area contributed by atoms with Crippen molar-refractivity contribution in [3.05, 3.63) is 65.9 Å². The molecule has 0 saturated carbocycles. The Balaban J connectivity index is 1.81. The van der Waals surface area contributed by atoms with Crippen molar-refractivity contribution in [2.45, 2.75) is 12.8 Å². The number of methoxy groups -OCH3 is 2. The Labute approximate surface area is 172 Å². The molecule has 2 aromatic heterocycles. The van der Waals surface area contributed by atoms with Gasteiger partial charge in [-0.05, 0) is 0 Å². The quantitative estimate of drug-likeness (QED) is 0.468. The molecule has 140 valence electrons. The van der Waals surface area contributed by atoms with Gasteiger partial charge in [0.15, 0.2) is 0 Å². The molecular weight excluding hydrogens is 460 g/mol. The van der Waals surface area contributed by atoms with Crippen molar-refractivity contribution in [1.29, 1.82) is 0 Å². The third kappa shape index (κ3) is 3.60. The second-order valence-corrected chi connectivity index (χ2v) is 15.0. The van der Waals surface area contributed by atoms with E-state index >= 15 is 0 Å². The summed E-state index contributed by atoms with van der Waals surface area (Å²) in [5.74, 6) is 1.50. The average Bonchev–Trinajstić information content (AvgIpc) is 3.49. The number of rotatable bonds is 8. The van der Waals surface area contributed by atoms with E-state index in [0.717, 1.165) is 34.5 Å². The summed E-state index contributed by atoms with van der Waals surface area (Å²) >= 11 is -0.874. The third-order valence-electron chi connectivity index (χ3n) is 4.49. The molecule has 2 aliphatic rings. The Morgan fingerprint density at radius 3 is 1.63 bits per heavy atom. The number of allylic oxidation sites excluding steroid dienone is 8. The fraction of sp³-hybridized carbons (Fsp3) is 0.200. The molecule has 4 rings (SSSR count). The molecule has 0 atom stereocenters. The van der Waals surface area contributed by atoms with Crippen LogP contribution < -0.4 is 15.1 Å². The molecule has 0 amide bonds. The van der Waals surface area contributed by atoms with Gasteiger partial charge in [-0.15, -0.1) is 0 Å². The van der Waals surface area contributed by atoms with Gasteiger partial charge in [0, 0.05) is 0 Å². The molecule has 7 heteroatoms. The fourth-order valence-electron chi connectivity index (χ4n) is 3.15. The van der Waals surface area contributed by atoms with Gasteiger partial charge in [0.2, 0.25) is 0 Å². The van der Waals surface area contributed by atoms with Crippen LogP contribution >= 0.6 is 22.7 Å². The van der Waals surface area contributed by atoms with E-state index in [1.165, 1.54) is 6.56 Å². The Hall–Kier alpha value is -1.56. The predicted molar refractivity (Wildman–Crippen MR) is 107 cm³/mol. The number of hydrogen-bond donors (Lipinski definition) is 0. The molecule has 0 unspecified atom stereocenters. The number of ether oxygens (including phenoxy) is 2. The van der Waals surface area contributed by atoms with E-state index in [0.29, 0.717) is 0 Å². The molecule has 0 radical (unpaired) electrons. The summed E-state index contributed by atoms with van der Waals surface area (Å²) in [6.07, 6.45) is 14.5. The molecule has 2 heterocycles. The maximum atomic E-state index is 6.82. The molecule has 0 aliphatic heterocycles. The van der Waals surface area contributed by atoms with Crippen LogP contribution in [0.2, 0.25) is 0 Å². The zero-order valence-corrected chi connectivity index (χ0v) is 19.2. The van der Waals surface area contributed by atoms with E-state index in [2.05, 4.69) is 36.5 Å². The van der Waals surface area contributed by atoms with Crippen molar-refractivity contribution in [1.82, 2.24) is 0 Å². The van der Waals surface area contributed by atoms with E-state index in [9.17, 15) is 0 Å². The Bertz CT molecular complexity index is 859. The molecule has 0 aromatic carbocycles. The Morgan fingerprint density at radius 2 is 1.26 bits per heavy atom. The molecule has 0 bridgehead atoms. The van der Waals surface area contributed by atoms with Gasteiger partial charge >= 0.3 is 174 Å². The summed E-state index contributed by atoms with van der Waals surface area (Å²) < 4.78 is 27.2. The fourth-order valence-corrected chi connectivity index (χ4v) is 14.1. The molecule has 4 nitrogen and oxygen atoms in total. The first-order valence-electron chi connectivity index (χ1n) is 8.60. The SMILES string of the molecule is COc1ccsc1[O][Zr]([O]c1sccc1OC)([C]1=CC=CC1)[C]1=CC=CC1. The zero-order valence-electron chi connectivity index (χ0n) is 15.1. The van der Waals surface area contributed by atoms with Gasteiger partial charge in [0.1, 0.15) is 0 Å². The van der Waals surface area contributed by atoms with Crippen molar-refractivity contribution in [2.75, 3.05) is 14.2 Å². The van der Waals surface area contributed by atoms with E-state index in [1.807, 2.05) is 22.9 Å². The molecular formula is C20H20O4S2Zr. The van der Waals surface area contributed by atoms with E-state index < -0.39 is 21.1 Å². The minimum absolute atomic E-state index is 0.751. The molecule has 2 aliphatic carbocycles. The van der Waals surface area contributed by atoms with Crippen molar-refractivity contribution >= 4 is 22.7 Å². The molecule has 0 spiro atoms. The standard InChI is InChI=1S/2C5H6O2S.2C5H5.Zr/c2*1-7-4-2-3-8-5(4)6;2*1-2-4-5-3-1;/h2*2-3,6H,1H3;2*1-3H,4H2;/q;;;;+2/p-2. The Morgan fingerprint density at radius 1 is 0.778 bits per heavy atom. The second-order valence-electron chi connectivity index (χ2n) is 6.02. The zero-order chi connectivity index (χ0) is 18.7. The van der Waals surface area contributed by atoms with Crippen LogP contribution in [0.3, 0.4) is 0 Å². The first-order valence-corrected chi connectivity index (χ1v) is 14.8. The average molecular weight is 480 g/mol. The molecule has 0 saturated heterocycles. The van der Waals surface area contributed by atoms with Crippen molar-refractivity contribution in [2.24, 2.45) is 0 Å². The Kier molecular flexibility index (Phi) is 5.72.